The monoisotopic (exact) mass is 472 g/mol. The summed E-state index contributed by atoms with van der Waals surface area (Å²) in [6.45, 7) is 0. The smallest absolute Gasteiger partial charge is 0.255 e. The molecule has 4 aromatic rings. The molecule has 0 aromatic heterocycles. The number of halogens is 2. The predicted molar refractivity (Wildman–Crippen MR) is 127 cm³/mol. The van der Waals surface area contributed by atoms with Crippen molar-refractivity contribution in [3.8, 4) is 11.8 Å². The largest absolute Gasteiger partial charge is 0.507 e. The van der Waals surface area contributed by atoms with Gasteiger partial charge in [-0.3, -0.25) is 9.59 Å². The van der Waals surface area contributed by atoms with E-state index < -0.39 is 23.4 Å². The van der Waals surface area contributed by atoms with Crippen molar-refractivity contribution in [1.29, 1.82) is 10.7 Å². The van der Waals surface area contributed by atoms with E-state index in [1.54, 1.807) is 18.2 Å². The third-order valence-electron chi connectivity index (χ3n) is 4.89. The van der Waals surface area contributed by atoms with Gasteiger partial charge in [0.25, 0.3) is 5.91 Å². The minimum atomic E-state index is -0.806. The minimum absolute atomic E-state index is 0.0475. The Morgan fingerprint density at radius 2 is 1.60 bits per heavy atom. The summed E-state index contributed by atoms with van der Waals surface area (Å²) in [4.78, 5) is 22.8. The molecule has 7 nitrogen and oxygen atoms in total. The molecule has 4 aromatic carbocycles. The van der Waals surface area contributed by atoms with Crippen molar-refractivity contribution in [3.63, 3.8) is 0 Å². The van der Waals surface area contributed by atoms with Gasteiger partial charge in [-0.25, -0.2) is 8.78 Å². The SMILES string of the molecule is N#Cc1cc(C(N)=O)ccc1O.N=Cc1ccc(NC(=O)c2cc(F)cc(F)c2)c2ccccc12. The third kappa shape index (κ3) is 5.83. The summed E-state index contributed by atoms with van der Waals surface area (Å²) in [5.41, 5.74) is 6.36. The van der Waals surface area contributed by atoms with Gasteiger partial charge >= 0.3 is 0 Å². The van der Waals surface area contributed by atoms with E-state index in [2.05, 4.69) is 5.32 Å². The second kappa shape index (κ2) is 10.7. The predicted octanol–water partition coefficient (Wildman–Crippen LogP) is 4.73. The molecule has 0 bridgehead atoms. The van der Waals surface area contributed by atoms with Gasteiger partial charge in [-0.15, -0.1) is 0 Å². The maximum Gasteiger partial charge on any atom is 0.255 e. The summed E-state index contributed by atoms with van der Waals surface area (Å²) in [5, 5.41) is 29.1. The summed E-state index contributed by atoms with van der Waals surface area (Å²) < 4.78 is 26.5. The average Bonchev–Trinajstić information content (AvgIpc) is 2.84. The highest BCUT2D eigenvalue weighted by Crippen LogP contribution is 2.26. The summed E-state index contributed by atoms with van der Waals surface area (Å²) in [5.74, 6) is -2.98. The second-order valence-electron chi connectivity index (χ2n) is 7.21. The number of primary amides is 1. The molecule has 0 aliphatic rings. The molecular weight excluding hydrogens is 454 g/mol. The number of hydrogen-bond donors (Lipinski definition) is 4. The summed E-state index contributed by atoms with van der Waals surface area (Å²) >= 11 is 0. The molecule has 0 heterocycles. The maximum atomic E-state index is 13.2. The molecule has 0 spiro atoms. The van der Waals surface area contributed by atoms with Crippen LogP contribution in [0.5, 0.6) is 5.75 Å². The standard InChI is InChI=1S/C18H12F2N2O.C8H6N2O2/c19-13-7-12(8-14(20)9-13)18(23)22-17-6-5-11(10-21)15-3-1-2-4-16(15)17;9-4-6-3-5(8(10)12)1-2-7(6)11/h1-10,21H,(H,22,23);1-3,11H,(H2,10,12). The number of carbonyl (C=O) groups is 2. The Morgan fingerprint density at radius 3 is 2.20 bits per heavy atom. The molecule has 0 unspecified atom stereocenters. The van der Waals surface area contributed by atoms with Crippen molar-refractivity contribution in [2.45, 2.75) is 0 Å². The number of hydrogen-bond acceptors (Lipinski definition) is 5. The molecule has 4 rings (SSSR count). The lowest BCUT2D eigenvalue weighted by Gasteiger charge is -2.11. The highest BCUT2D eigenvalue weighted by molar-refractivity contribution is 6.11. The molecule has 0 fully saturated rings. The Labute approximate surface area is 198 Å². The summed E-state index contributed by atoms with van der Waals surface area (Å²) in [7, 11) is 0. The normalized spacial score (nSPS) is 9.97. The van der Waals surface area contributed by atoms with Crippen LogP contribution in [0.4, 0.5) is 14.5 Å². The molecule has 0 radical (unpaired) electrons. The zero-order chi connectivity index (χ0) is 25.5. The number of amides is 2. The molecule has 2 amide bonds. The Morgan fingerprint density at radius 1 is 0.943 bits per heavy atom. The number of anilines is 1. The van der Waals surface area contributed by atoms with E-state index in [4.69, 9.17) is 21.5 Å². The number of aromatic hydroxyl groups is 1. The first-order valence-corrected chi connectivity index (χ1v) is 10.1. The van der Waals surface area contributed by atoms with Crippen molar-refractivity contribution in [1.82, 2.24) is 0 Å². The van der Waals surface area contributed by atoms with Crippen molar-refractivity contribution in [2.75, 3.05) is 5.32 Å². The number of rotatable bonds is 4. The van der Waals surface area contributed by atoms with Crippen molar-refractivity contribution < 1.29 is 23.5 Å². The fourth-order valence-corrected chi connectivity index (χ4v) is 3.22. The van der Waals surface area contributed by atoms with Gasteiger partial charge in [-0.2, -0.15) is 5.26 Å². The van der Waals surface area contributed by atoms with Crippen molar-refractivity contribution >= 4 is 34.5 Å². The average molecular weight is 472 g/mol. The van der Waals surface area contributed by atoms with E-state index in [1.165, 1.54) is 24.4 Å². The van der Waals surface area contributed by atoms with Crippen LogP contribution in [0.2, 0.25) is 0 Å². The molecule has 174 valence electrons. The number of nitrogens with one attached hydrogen (secondary N) is 2. The fourth-order valence-electron chi connectivity index (χ4n) is 3.22. The van der Waals surface area contributed by atoms with Crippen LogP contribution in [0.1, 0.15) is 31.8 Å². The van der Waals surface area contributed by atoms with Crippen molar-refractivity contribution in [2.24, 2.45) is 5.73 Å². The first-order valence-electron chi connectivity index (χ1n) is 10.1. The number of phenols is 1. The van der Waals surface area contributed by atoms with E-state index in [0.29, 0.717) is 11.8 Å². The highest BCUT2D eigenvalue weighted by atomic mass is 19.1. The first kappa shape index (κ1) is 24.5. The van der Waals surface area contributed by atoms with Gasteiger partial charge in [0.1, 0.15) is 23.5 Å². The Balaban J connectivity index is 0.000000241. The Bertz CT molecular complexity index is 1480. The van der Waals surface area contributed by atoms with E-state index in [0.717, 1.165) is 28.5 Å². The first-order chi connectivity index (χ1) is 16.7. The van der Waals surface area contributed by atoms with Gasteiger partial charge in [0.2, 0.25) is 5.91 Å². The van der Waals surface area contributed by atoms with E-state index in [1.807, 2.05) is 24.3 Å². The summed E-state index contributed by atoms with van der Waals surface area (Å²) in [6, 6.07) is 18.9. The molecule has 0 saturated carbocycles. The van der Waals surface area contributed by atoms with E-state index in [9.17, 15) is 18.4 Å². The van der Waals surface area contributed by atoms with E-state index >= 15 is 0 Å². The molecule has 35 heavy (non-hydrogen) atoms. The van der Waals surface area contributed by atoms with Gasteiger partial charge in [0.05, 0.1) is 5.56 Å². The number of nitriles is 1. The van der Waals surface area contributed by atoms with E-state index in [-0.39, 0.29) is 22.4 Å². The number of carbonyl (C=O) groups excluding carboxylic acids is 2. The molecule has 0 atom stereocenters. The lowest BCUT2D eigenvalue weighted by molar-refractivity contribution is 0.0997. The van der Waals surface area contributed by atoms with Crippen LogP contribution in [0.3, 0.4) is 0 Å². The molecule has 9 heteroatoms. The zero-order valence-electron chi connectivity index (χ0n) is 18.0. The second-order valence-corrected chi connectivity index (χ2v) is 7.21. The Kier molecular flexibility index (Phi) is 7.49. The van der Waals surface area contributed by atoms with Crippen LogP contribution in [0, 0.1) is 28.4 Å². The molecular formula is C26H18F2N4O3. The molecule has 5 N–H and O–H groups in total. The zero-order valence-corrected chi connectivity index (χ0v) is 18.0. The highest BCUT2D eigenvalue weighted by Gasteiger charge is 2.12. The number of benzene rings is 4. The topological polar surface area (TPSA) is 140 Å². The van der Waals surface area contributed by atoms with Gasteiger partial charge in [-0.1, -0.05) is 30.3 Å². The van der Waals surface area contributed by atoms with Gasteiger partial charge < -0.3 is 21.6 Å². The number of nitrogens with zero attached hydrogens (tertiary/aromatic N) is 1. The Hall–Kier alpha value is -5.10. The third-order valence-corrected chi connectivity index (χ3v) is 4.89. The number of phenolic OH excluding ortho intramolecular Hbond substituents is 1. The van der Waals surface area contributed by atoms with Gasteiger partial charge in [0.15, 0.2) is 0 Å². The summed E-state index contributed by atoms with van der Waals surface area (Å²) in [6.07, 6.45) is 1.23. The van der Waals surface area contributed by atoms with Crippen LogP contribution < -0.4 is 11.1 Å². The maximum absolute atomic E-state index is 13.2. The van der Waals surface area contributed by atoms with Crippen molar-refractivity contribution in [3.05, 3.63) is 107 Å². The lowest BCUT2D eigenvalue weighted by Crippen LogP contribution is -2.13. The lowest BCUT2D eigenvalue weighted by atomic mass is 10.0. The molecule has 0 aliphatic carbocycles. The van der Waals surface area contributed by atoms with Gasteiger partial charge in [-0.05, 0) is 47.3 Å². The van der Waals surface area contributed by atoms with Crippen LogP contribution in [0.25, 0.3) is 10.8 Å². The van der Waals surface area contributed by atoms with Crippen LogP contribution in [0.15, 0.2) is 72.8 Å². The van der Waals surface area contributed by atoms with Gasteiger partial charge in [0, 0.05) is 34.5 Å². The van der Waals surface area contributed by atoms with Crippen LogP contribution in [-0.2, 0) is 0 Å². The molecule has 0 aliphatic heterocycles. The minimum Gasteiger partial charge on any atom is -0.507 e. The van der Waals surface area contributed by atoms with Crippen LogP contribution in [-0.4, -0.2) is 23.1 Å². The number of fused-ring (bicyclic) bond motifs is 1. The van der Waals surface area contributed by atoms with Crippen LogP contribution >= 0.6 is 0 Å². The number of nitrogens with two attached hydrogens (primary N) is 1. The quantitative estimate of drug-likeness (QED) is 0.319. The fraction of sp³-hybridized carbons (Fsp3) is 0. The molecule has 0 saturated heterocycles.